The molecule has 2 N–H and O–H groups in total. The molecule has 1 amide bonds. The number of anilines is 1. The summed E-state index contributed by atoms with van der Waals surface area (Å²) in [7, 11) is -3.76. The molecule has 2 aromatic rings. The number of hydrogen-bond donors (Lipinski definition) is 2. The minimum Gasteiger partial charge on any atom is -0.325 e. The van der Waals surface area contributed by atoms with Crippen LogP contribution in [0.3, 0.4) is 0 Å². The van der Waals surface area contributed by atoms with Crippen LogP contribution in [0.2, 0.25) is 0 Å². The molecule has 0 aromatic heterocycles. The van der Waals surface area contributed by atoms with E-state index in [4.69, 9.17) is 6.57 Å². The van der Waals surface area contributed by atoms with Crippen LogP contribution in [0.25, 0.3) is 4.85 Å². The molecule has 5 rings (SSSR count). The Labute approximate surface area is 225 Å². The molecule has 38 heavy (non-hydrogen) atoms. The zero-order valence-electron chi connectivity index (χ0n) is 22.2. The molecule has 202 valence electrons. The highest BCUT2D eigenvalue weighted by Crippen LogP contribution is 2.29. The molecule has 2 aromatic carbocycles. The minimum absolute atomic E-state index is 0.102. The van der Waals surface area contributed by atoms with Crippen molar-refractivity contribution < 1.29 is 13.2 Å². The number of rotatable bonds is 7. The third-order valence-corrected chi connectivity index (χ3v) is 10.2. The van der Waals surface area contributed by atoms with Crippen molar-refractivity contribution in [3.63, 3.8) is 0 Å². The van der Waals surface area contributed by atoms with Crippen LogP contribution >= 0.6 is 0 Å². The van der Waals surface area contributed by atoms with Crippen LogP contribution in [-0.2, 0) is 21.4 Å². The smallest absolute Gasteiger partial charge is 0.242 e. The van der Waals surface area contributed by atoms with E-state index >= 15 is 0 Å². The monoisotopic (exact) mass is 536 g/mol. The molecule has 3 heterocycles. The fourth-order valence-corrected chi connectivity index (χ4v) is 8.14. The Hall–Kier alpha value is -2.81. The zero-order valence-corrected chi connectivity index (χ0v) is 23.0. The summed E-state index contributed by atoms with van der Waals surface area (Å²) < 4.78 is 28.3. The Bertz CT molecular complexity index is 1340. The van der Waals surface area contributed by atoms with Crippen LogP contribution in [-0.4, -0.2) is 85.3 Å². The van der Waals surface area contributed by atoms with Gasteiger partial charge in [0, 0.05) is 62.6 Å². The van der Waals surface area contributed by atoms with Crippen molar-refractivity contribution in [2.45, 2.75) is 62.8 Å². The molecule has 2 bridgehead atoms. The molecule has 0 unspecified atom stereocenters. The van der Waals surface area contributed by atoms with E-state index in [0.717, 1.165) is 30.9 Å². The number of carbonyl (C=O) groups is 1. The van der Waals surface area contributed by atoms with Crippen molar-refractivity contribution in [3.8, 4) is 0 Å². The quantitative estimate of drug-likeness (QED) is 0.529. The number of likely N-dealkylation sites (tertiary alicyclic amines) is 1. The zero-order chi connectivity index (χ0) is 27.0. The molecule has 10 heteroatoms. The topological polar surface area (TPSA) is 89.3 Å². The number of carbonyl (C=O) groups excluding carboxylic acids is 1. The molecule has 0 saturated carbocycles. The summed E-state index contributed by atoms with van der Waals surface area (Å²) in [4.78, 5) is 21.1. The van der Waals surface area contributed by atoms with Crippen LogP contribution in [0.5, 0.6) is 0 Å². The van der Waals surface area contributed by atoms with Crippen molar-refractivity contribution >= 4 is 27.3 Å². The van der Waals surface area contributed by atoms with Gasteiger partial charge in [0.1, 0.15) is 0 Å². The summed E-state index contributed by atoms with van der Waals surface area (Å²) in [6.45, 7) is 17.1. The highest BCUT2D eigenvalue weighted by Gasteiger charge is 2.39. The molecule has 3 fully saturated rings. The number of piperazine rings is 2. The lowest BCUT2D eigenvalue weighted by molar-refractivity contribution is -0.118. The summed E-state index contributed by atoms with van der Waals surface area (Å²) >= 11 is 0. The number of nitrogens with one attached hydrogen (secondary N) is 2. The maximum absolute atomic E-state index is 13.4. The first-order valence-electron chi connectivity index (χ1n) is 13.2. The summed E-state index contributed by atoms with van der Waals surface area (Å²) in [5.74, 6) is -0.102. The van der Waals surface area contributed by atoms with Gasteiger partial charge < -0.3 is 10.6 Å². The molecule has 0 aliphatic carbocycles. The number of hydrogen-bond acceptors (Lipinski definition) is 6. The lowest BCUT2D eigenvalue weighted by Gasteiger charge is -2.43. The Morgan fingerprint density at radius 2 is 1.87 bits per heavy atom. The largest absolute Gasteiger partial charge is 0.325 e. The third kappa shape index (κ3) is 5.35. The summed E-state index contributed by atoms with van der Waals surface area (Å²) in [5, 5.41) is 6.64. The second-order valence-corrected chi connectivity index (χ2v) is 12.7. The van der Waals surface area contributed by atoms with Gasteiger partial charge in [-0.1, -0.05) is 24.3 Å². The first kappa shape index (κ1) is 26.8. The van der Waals surface area contributed by atoms with Gasteiger partial charge in [-0.15, -0.1) is 0 Å². The molecule has 3 aliphatic rings. The van der Waals surface area contributed by atoms with E-state index in [1.54, 1.807) is 12.1 Å². The van der Waals surface area contributed by atoms with Gasteiger partial charge in [-0.05, 0) is 56.5 Å². The fraction of sp³-hybridized carbons (Fsp3) is 0.500. The van der Waals surface area contributed by atoms with Gasteiger partial charge in [-0.3, -0.25) is 14.6 Å². The summed E-state index contributed by atoms with van der Waals surface area (Å²) in [5.41, 5.74) is 3.46. The number of fused-ring (bicyclic) bond motifs is 2. The highest BCUT2D eigenvalue weighted by molar-refractivity contribution is 7.89. The van der Waals surface area contributed by atoms with E-state index < -0.39 is 10.0 Å². The van der Waals surface area contributed by atoms with E-state index in [1.165, 1.54) is 28.4 Å². The average molecular weight is 537 g/mol. The Morgan fingerprint density at radius 3 is 2.53 bits per heavy atom. The average Bonchev–Trinajstić information content (AvgIpc) is 3.49. The number of benzene rings is 2. The molecular weight excluding hydrogens is 500 g/mol. The van der Waals surface area contributed by atoms with Crippen LogP contribution in [0.4, 0.5) is 11.4 Å². The van der Waals surface area contributed by atoms with Crippen molar-refractivity contribution in [2.24, 2.45) is 0 Å². The van der Waals surface area contributed by atoms with Crippen molar-refractivity contribution in [2.75, 3.05) is 38.0 Å². The Kier molecular flexibility index (Phi) is 7.58. The van der Waals surface area contributed by atoms with Crippen molar-refractivity contribution in [1.29, 1.82) is 0 Å². The standard InChI is InChI=1S/C28H36N6O3S/c1-19-14-32(15-20(2)34(19)38(36,37)26-9-6-8-23(12-26)29-4)18-28(35)31-27-10-5-7-22(21(27)3)16-33-17-24-11-25(33)13-30-24/h5-10,12,19-20,24-25,30H,11,13-18H2,1-3H3,(H,31,35)/t19-,20+,24-,25-/m1/s1. The minimum atomic E-state index is -3.76. The molecule has 4 atom stereocenters. The molecule has 0 spiro atoms. The lowest BCUT2D eigenvalue weighted by Crippen LogP contribution is -2.59. The first-order valence-corrected chi connectivity index (χ1v) is 14.7. The highest BCUT2D eigenvalue weighted by atomic mass is 32.2. The van der Waals surface area contributed by atoms with Gasteiger partial charge in [0.05, 0.1) is 18.0 Å². The predicted octanol–water partition coefficient (Wildman–Crippen LogP) is 2.81. The molecule has 9 nitrogen and oxygen atoms in total. The SMILES string of the molecule is [C-]#[N+]c1cccc(S(=O)(=O)N2[C@H](C)CN(CC(=O)Nc3cccc(CN4C[C@H]5C[C@@H]4CN5)c3C)C[C@@H]2C)c1. The third-order valence-electron chi connectivity index (χ3n) is 8.07. The van der Waals surface area contributed by atoms with Gasteiger partial charge in [0.25, 0.3) is 0 Å². The summed E-state index contributed by atoms with van der Waals surface area (Å²) in [6.07, 6.45) is 1.22. The second-order valence-electron chi connectivity index (χ2n) is 10.9. The van der Waals surface area contributed by atoms with Gasteiger partial charge in [-0.25, -0.2) is 13.3 Å². The van der Waals surface area contributed by atoms with Crippen LogP contribution in [0, 0.1) is 13.5 Å². The van der Waals surface area contributed by atoms with Gasteiger partial charge in [0.2, 0.25) is 15.9 Å². The number of nitrogens with zero attached hydrogens (tertiary/aromatic N) is 4. The molecule has 0 radical (unpaired) electrons. The Balaban J connectivity index is 1.21. The van der Waals surface area contributed by atoms with Crippen molar-refractivity contribution in [1.82, 2.24) is 19.4 Å². The van der Waals surface area contributed by atoms with Crippen LogP contribution < -0.4 is 10.6 Å². The number of amides is 1. The van der Waals surface area contributed by atoms with E-state index in [9.17, 15) is 13.2 Å². The van der Waals surface area contributed by atoms with E-state index in [-0.39, 0.29) is 29.4 Å². The second kappa shape index (κ2) is 10.8. The van der Waals surface area contributed by atoms with Gasteiger partial charge >= 0.3 is 0 Å². The van der Waals surface area contributed by atoms with Gasteiger partial charge in [-0.2, -0.15) is 4.31 Å². The molecular formula is C28H36N6O3S. The number of sulfonamides is 1. The van der Waals surface area contributed by atoms with Crippen LogP contribution in [0.15, 0.2) is 47.4 Å². The summed E-state index contributed by atoms with van der Waals surface area (Å²) in [6, 6.07) is 12.8. The van der Waals surface area contributed by atoms with Crippen LogP contribution in [0.1, 0.15) is 31.4 Å². The molecule has 3 saturated heterocycles. The first-order chi connectivity index (χ1) is 18.2. The van der Waals surface area contributed by atoms with E-state index in [1.807, 2.05) is 30.9 Å². The Morgan fingerprint density at radius 1 is 1.13 bits per heavy atom. The maximum Gasteiger partial charge on any atom is 0.242 e. The maximum atomic E-state index is 13.4. The predicted molar refractivity (Wildman–Crippen MR) is 148 cm³/mol. The van der Waals surface area contributed by atoms with E-state index in [2.05, 4.69) is 33.4 Å². The van der Waals surface area contributed by atoms with E-state index in [0.29, 0.717) is 30.9 Å². The normalized spacial score (nSPS) is 26.4. The fourth-order valence-electron chi connectivity index (χ4n) is 6.30. The molecule has 3 aliphatic heterocycles. The van der Waals surface area contributed by atoms with Gasteiger partial charge in [0.15, 0.2) is 5.69 Å². The lowest BCUT2D eigenvalue weighted by atomic mass is 10.1. The van der Waals surface area contributed by atoms with Crippen molar-refractivity contribution in [3.05, 3.63) is 65.0 Å².